The summed E-state index contributed by atoms with van der Waals surface area (Å²) in [5.41, 5.74) is 2.51. The van der Waals surface area contributed by atoms with Gasteiger partial charge in [0.05, 0.1) is 11.4 Å². The molecule has 1 heterocycles. The van der Waals surface area contributed by atoms with Crippen LogP contribution in [0.4, 0.5) is 11.4 Å². The molecule has 0 aromatic heterocycles. The third kappa shape index (κ3) is 3.60. The minimum atomic E-state index is 0. The Morgan fingerprint density at radius 3 is 2.55 bits per heavy atom. The first-order chi connectivity index (χ1) is 10.1. The van der Waals surface area contributed by atoms with Crippen molar-refractivity contribution in [3.8, 4) is 0 Å². The van der Waals surface area contributed by atoms with Gasteiger partial charge in [0.15, 0.2) is 0 Å². The molecule has 0 radical (unpaired) electrons. The fourth-order valence-corrected chi connectivity index (χ4v) is 3.83. The normalized spacial score (nSPS) is 12.6. The summed E-state index contributed by atoms with van der Waals surface area (Å²) < 4.78 is 0. The van der Waals surface area contributed by atoms with Crippen molar-refractivity contribution in [2.24, 2.45) is 0 Å². The van der Waals surface area contributed by atoms with E-state index in [-0.39, 0.29) is 7.43 Å². The Bertz CT molecular complexity index is 643. The SMILES string of the molecule is C.CN(C)CCCN1c2ccccc2Sc2ccc(Cl)cc21. The molecule has 0 unspecified atom stereocenters. The minimum absolute atomic E-state index is 0. The molecule has 3 rings (SSSR count). The van der Waals surface area contributed by atoms with Crippen LogP contribution in [0.2, 0.25) is 5.02 Å². The molecule has 1 aliphatic heterocycles. The van der Waals surface area contributed by atoms with Crippen LogP contribution in [0, 0.1) is 0 Å². The zero-order chi connectivity index (χ0) is 14.8. The Kier molecular flexibility index (Phi) is 5.79. The second-order valence-electron chi connectivity index (χ2n) is 5.49. The number of nitrogens with zero attached hydrogens (tertiary/aromatic N) is 2. The van der Waals surface area contributed by atoms with Crippen LogP contribution >= 0.6 is 23.4 Å². The van der Waals surface area contributed by atoms with Crippen molar-refractivity contribution in [1.82, 2.24) is 4.90 Å². The summed E-state index contributed by atoms with van der Waals surface area (Å²) in [4.78, 5) is 7.22. The van der Waals surface area contributed by atoms with E-state index in [0.717, 1.165) is 24.5 Å². The first-order valence-electron chi connectivity index (χ1n) is 7.14. The van der Waals surface area contributed by atoms with Gasteiger partial charge in [-0.05, 0) is 57.4 Å². The predicted molar refractivity (Wildman–Crippen MR) is 98.9 cm³/mol. The summed E-state index contributed by atoms with van der Waals surface area (Å²) in [6.07, 6.45) is 1.12. The predicted octanol–water partition coefficient (Wildman–Crippen LogP) is 5.53. The molecule has 2 aromatic carbocycles. The third-order valence-corrected chi connectivity index (χ3v) is 4.94. The van der Waals surface area contributed by atoms with Crippen molar-refractivity contribution < 1.29 is 0 Å². The summed E-state index contributed by atoms with van der Waals surface area (Å²) in [7, 11) is 4.23. The highest BCUT2D eigenvalue weighted by atomic mass is 35.5. The topological polar surface area (TPSA) is 6.48 Å². The van der Waals surface area contributed by atoms with Gasteiger partial charge in [-0.25, -0.2) is 0 Å². The molecule has 0 spiro atoms. The number of fused-ring (bicyclic) bond motifs is 2. The van der Waals surface area contributed by atoms with Crippen LogP contribution in [0.15, 0.2) is 52.3 Å². The third-order valence-electron chi connectivity index (χ3n) is 3.57. The average Bonchev–Trinajstić information content (AvgIpc) is 2.46. The maximum atomic E-state index is 6.21. The van der Waals surface area contributed by atoms with E-state index in [9.17, 15) is 0 Å². The van der Waals surface area contributed by atoms with E-state index >= 15 is 0 Å². The lowest BCUT2D eigenvalue weighted by Crippen LogP contribution is -2.25. The van der Waals surface area contributed by atoms with Gasteiger partial charge in [-0.1, -0.05) is 42.9 Å². The molecule has 2 nitrogen and oxygen atoms in total. The van der Waals surface area contributed by atoms with Gasteiger partial charge in [0, 0.05) is 21.4 Å². The zero-order valence-corrected chi connectivity index (χ0v) is 13.9. The molecule has 0 bridgehead atoms. The largest absolute Gasteiger partial charge is 0.340 e. The summed E-state index contributed by atoms with van der Waals surface area (Å²) in [5, 5.41) is 0.798. The molecule has 0 aliphatic carbocycles. The van der Waals surface area contributed by atoms with E-state index in [1.807, 2.05) is 17.8 Å². The molecule has 0 N–H and O–H groups in total. The van der Waals surface area contributed by atoms with E-state index < -0.39 is 0 Å². The van der Waals surface area contributed by atoms with Crippen LogP contribution in [0.5, 0.6) is 0 Å². The van der Waals surface area contributed by atoms with Gasteiger partial charge in [-0.2, -0.15) is 0 Å². The number of hydrogen-bond donors (Lipinski definition) is 0. The maximum Gasteiger partial charge on any atom is 0.0567 e. The fraction of sp³-hybridized carbons (Fsp3) is 0.333. The fourth-order valence-electron chi connectivity index (χ4n) is 2.59. The molecular weight excluding hydrogens is 312 g/mol. The Morgan fingerprint density at radius 1 is 1.05 bits per heavy atom. The van der Waals surface area contributed by atoms with Crippen molar-refractivity contribution in [2.75, 3.05) is 32.1 Å². The lowest BCUT2D eigenvalue weighted by molar-refractivity contribution is 0.402. The minimum Gasteiger partial charge on any atom is -0.340 e. The smallest absolute Gasteiger partial charge is 0.0567 e. The van der Waals surface area contributed by atoms with E-state index in [0.29, 0.717) is 0 Å². The molecule has 22 heavy (non-hydrogen) atoms. The number of halogens is 1. The van der Waals surface area contributed by atoms with E-state index in [2.05, 4.69) is 60.3 Å². The summed E-state index contributed by atoms with van der Waals surface area (Å²) in [6, 6.07) is 14.8. The molecule has 2 aromatic rings. The molecule has 1 aliphatic rings. The second-order valence-corrected chi connectivity index (χ2v) is 7.01. The number of benzene rings is 2. The Hall–Kier alpha value is -1.16. The van der Waals surface area contributed by atoms with Crippen LogP contribution in [0.1, 0.15) is 13.8 Å². The van der Waals surface area contributed by atoms with E-state index in [1.54, 1.807) is 0 Å². The van der Waals surface area contributed by atoms with Crippen LogP contribution in [0.25, 0.3) is 0 Å². The Labute approximate surface area is 143 Å². The number of anilines is 2. The highest BCUT2D eigenvalue weighted by Crippen LogP contribution is 2.48. The monoisotopic (exact) mass is 334 g/mol. The molecule has 0 amide bonds. The molecule has 0 atom stereocenters. The molecule has 0 saturated heterocycles. The van der Waals surface area contributed by atoms with Crippen molar-refractivity contribution >= 4 is 34.7 Å². The first kappa shape index (κ1) is 17.2. The van der Waals surface area contributed by atoms with Crippen molar-refractivity contribution in [1.29, 1.82) is 0 Å². The van der Waals surface area contributed by atoms with Gasteiger partial charge in [0.25, 0.3) is 0 Å². The van der Waals surface area contributed by atoms with Gasteiger partial charge in [0.1, 0.15) is 0 Å². The molecular formula is C18H23ClN2S. The van der Waals surface area contributed by atoms with Crippen LogP contribution in [-0.4, -0.2) is 32.1 Å². The quantitative estimate of drug-likeness (QED) is 0.725. The van der Waals surface area contributed by atoms with Gasteiger partial charge in [-0.3, -0.25) is 0 Å². The van der Waals surface area contributed by atoms with Crippen molar-refractivity contribution in [2.45, 2.75) is 23.6 Å². The van der Waals surface area contributed by atoms with E-state index in [4.69, 9.17) is 11.6 Å². The lowest BCUT2D eigenvalue weighted by atomic mass is 10.2. The highest BCUT2D eigenvalue weighted by Gasteiger charge is 2.22. The Balaban J connectivity index is 0.00000176. The number of hydrogen-bond acceptors (Lipinski definition) is 3. The van der Waals surface area contributed by atoms with E-state index in [1.165, 1.54) is 21.2 Å². The standard InChI is InChI=1S/C17H19ClN2S.CH4/c1-19(2)10-5-11-20-14-6-3-4-7-16(14)21-17-9-8-13(18)12-15(17)20;/h3-4,6-9,12H,5,10-11H2,1-2H3;1H4. The van der Waals surface area contributed by atoms with Gasteiger partial charge in [0.2, 0.25) is 0 Å². The summed E-state index contributed by atoms with van der Waals surface area (Å²) in [6.45, 7) is 2.09. The molecule has 118 valence electrons. The lowest BCUT2D eigenvalue weighted by Gasteiger charge is -2.33. The molecule has 4 heteroatoms. The Morgan fingerprint density at radius 2 is 1.77 bits per heavy atom. The average molecular weight is 335 g/mol. The number of para-hydroxylation sites is 1. The second kappa shape index (κ2) is 7.40. The van der Waals surface area contributed by atoms with Crippen LogP contribution < -0.4 is 4.90 Å². The van der Waals surface area contributed by atoms with Crippen LogP contribution in [0.3, 0.4) is 0 Å². The highest BCUT2D eigenvalue weighted by molar-refractivity contribution is 7.99. The zero-order valence-electron chi connectivity index (χ0n) is 12.3. The number of rotatable bonds is 4. The van der Waals surface area contributed by atoms with Crippen molar-refractivity contribution in [3.63, 3.8) is 0 Å². The first-order valence-corrected chi connectivity index (χ1v) is 8.33. The summed E-state index contributed by atoms with van der Waals surface area (Å²) in [5.74, 6) is 0. The molecule has 0 fully saturated rings. The maximum absolute atomic E-state index is 6.21. The van der Waals surface area contributed by atoms with Crippen molar-refractivity contribution in [3.05, 3.63) is 47.5 Å². The van der Waals surface area contributed by atoms with Gasteiger partial charge in [-0.15, -0.1) is 0 Å². The molecule has 0 saturated carbocycles. The summed E-state index contributed by atoms with van der Waals surface area (Å²) >= 11 is 8.03. The van der Waals surface area contributed by atoms with Crippen LogP contribution in [-0.2, 0) is 0 Å². The van der Waals surface area contributed by atoms with Gasteiger partial charge < -0.3 is 9.80 Å². The van der Waals surface area contributed by atoms with Gasteiger partial charge >= 0.3 is 0 Å².